The van der Waals surface area contributed by atoms with Crippen LogP contribution in [0.15, 0.2) is 21.3 Å². The molecule has 2 heterocycles. The van der Waals surface area contributed by atoms with Crippen LogP contribution in [0.25, 0.3) is 11.5 Å². The van der Waals surface area contributed by atoms with Crippen molar-refractivity contribution in [2.24, 2.45) is 5.73 Å². The van der Waals surface area contributed by atoms with Crippen LogP contribution in [0, 0.1) is 0 Å². The maximum absolute atomic E-state index is 5.94. The minimum Gasteiger partial charge on any atom is -0.334 e. The van der Waals surface area contributed by atoms with E-state index in [4.69, 9.17) is 10.3 Å². The highest BCUT2D eigenvalue weighted by Gasteiger charge is 2.15. The van der Waals surface area contributed by atoms with Crippen LogP contribution in [-0.2, 0) is 0 Å². The van der Waals surface area contributed by atoms with Gasteiger partial charge in [-0.2, -0.15) is 16.3 Å². The Hall–Kier alpha value is -1.24. The SMILES string of the molecule is CN(C)CC(N)c1noc(-c2ccsc2)n1. The predicted octanol–water partition coefficient (Wildman–Crippen LogP) is 1.36. The summed E-state index contributed by atoms with van der Waals surface area (Å²) in [7, 11) is 3.92. The van der Waals surface area contributed by atoms with Crippen molar-refractivity contribution in [1.82, 2.24) is 15.0 Å². The number of hydrogen-bond acceptors (Lipinski definition) is 6. The summed E-state index contributed by atoms with van der Waals surface area (Å²) < 4.78 is 5.16. The molecule has 0 aliphatic carbocycles. The van der Waals surface area contributed by atoms with Crippen molar-refractivity contribution < 1.29 is 4.52 Å². The normalized spacial score (nSPS) is 13.2. The van der Waals surface area contributed by atoms with Crippen molar-refractivity contribution >= 4 is 11.3 Å². The van der Waals surface area contributed by atoms with E-state index >= 15 is 0 Å². The number of nitrogens with zero attached hydrogens (tertiary/aromatic N) is 3. The smallest absolute Gasteiger partial charge is 0.258 e. The Morgan fingerprint density at radius 1 is 1.56 bits per heavy atom. The van der Waals surface area contributed by atoms with Crippen LogP contribution < -0.4 is 5.73 Å². The van der Waals surface area contributed by atoms with Gasteiger partial charge in [-0.05, 0) is 25.5 Å². The van der Waals surface area contributed by atoms with Crippen molar-refractivity contribution in [3.05, 3.63) is 22.7 Å². The molecule has 86 valence electrons. The molecule has 0 aromatic carbocycles. The Bertz CT molecular complexity index is 437. The minimum atomic E-state index is -0.217. The van der Waals surface area contributed by atoms with E-state index in [1.54, 1.807) is 11.3 Å². The summed E-state index contributed by atoms with van der Waals surface area (Å²) in [4.78, 5) is 6.27. The molecule has 0 radical (unpaired) electrons. The van der Waals surface area contributed by atoms with E-state index in [-0.39, 0.29) is 6.04 Å². The van der Waals surface area contributed by atoms with E-state index in [2.05, 4.69) is 10.1 Å². The molecule has 0 aliphatic heterocycles. The third kappa shape index (κ3) is 2.46. The molecule has 1 unspecified atom stereocenters. The van der Waals surface area contributed by atoms with Gasteiger partial charge in [0.15, 0.2) is 5.82 Å². The molecule has 0 saturated heterocycles. The molecule has 0 aliphatic rings. The zero-order valence-corrected chi connectivity index (χ0v) is 10.1. The Balaban J connectivity index is 2.13. The van der Waals surface area contributed by atoms with Gasteiger partial charge in [0.1, 0.15) is 0 Å². The van der Waals surface area contributed by atoms with Crippen molar-refractivity contribution in [3.8, 4) is 11.5 Å². The van der Waals surface area contributed by atoms with Gasteiger partial charge in [-0.3, -0.25) is 0 Å². The van der Waals surface area contributed by atoms with Crippen LogP contribution in [0.2, 0.25) is 0 Å². The molecule has 2 rings (SSSR count). The van der Waals surface area contributed by atoms with Gasteiger partial charge < -0.3 is 15.2 Å². The Labute approximate surface area is 97.9 Å². The number of thiophene rings is 1. The molecule has 2 aromatic heterocycles. The van der Waals surface area contributed by atoms with E-state index in [1.807, 2.05) is 35.8 Å². The van der Waals surface area contributed by atoms with Crippen LogP contribution in [0.4, 0.5) is 0 Å². The summed E-state index contributed by atoms with van der Waals surface area (Å²) in [5, 5.41) is 7.83. The number of hydrogen-bond donors (Lipinski definition) is 1. The predicted molar refractivity (Wildman–Crippen MR) is 63.1 cm³/mol. The largest absolute Gasteiger partial charge is 0.334 e. The third-order valence-corrected chi connectivity index (χ3v) is 2.79. The molecule has 2 N–H and O–H groups in total. The maximum Gasteiger partial charge on any atom is 0.258 e. The molecular formula is C10H14N4OS. The average Bonchev–Trinajstić information content (AvgIpc) is 2.87. The maximum atomic E-state index is 5.94. The van der Waals surface area contributed by atoms with Gasteiger partial charge in [0.2, 0.25) is 0 Å². The second kappa shape index (κ2) is 4.73. The van der Waals surface area contributed by atoms with Gasteiger partial charge in [-0.15, -0.1) is 0 Å². The zero-order chi connectivity index (χ0) is 11.5. The molecule has 5 nitrogen and oxygen atoms in total. The minimum absolute atomic E-state index is 0.217. The molecule has 0 bridgehead atoms. The fraction of sp³-hybridized carbons (Fsp3) is 0.400. The summed E-state index contributed by atoms with van der Waals surface area (Å²) in [6.45, 7) is 0.697. The molecule has 0 saturated carbocycles. The monoisotopic (exact) mass is 238 g/mol. The number of aromatic nitrogens is 2. The third-order valence-electron chi connectivity index (χ3n) is 2.10. The quantitative estimate of drug-likeness (QED) is 0.871. The van der Waals surface area contributed by atoms with Gasteiger partial charge in [0, 0.05) is 11.9 Å². The van der Waals surface area contributed by atoms with Gasteiger partial charge in [-0.1, -0.05) is 5.16 Å². The lowest BCUT2D eigenvalue weighted by Gasteiger charge is -2.12. The highest BCUT2D eigenvalue weighted by atomic mass is 32.1. The molecule has 0 spiro atoms. The van der Waals surface area contributed by atoms with Crippen LogP contribution in [-0.4, -0.2) is 35.7 Å². The summed E-state index contributed by atoms with van der Waals surface area (Å²) >= 11 is 1.60. The van der Waals surface area contributed by atoms with Crippen LogP contribution in [0.3, 0.4) is 0 Å². The topological polar surface area (TPSA) is 68.2 Å². The van der Waals surface area contributed by atoms with Crippen LogP contribution in [0.5, 0.6) is 0 Å². The van der Waals surface area contributed by atoms with E-state index in [0.717, 1.165) is 5.56 Å². The Morgan fingerprint density at radius 3 is 3.00 bits per heavy atom. The zero-order valence-electron chi connectivity index (χ0n) is 9.25. The molecule has 0 fully saturated rings. The van der Waals surface area contributed by atoms with E-state index in [1.165, 1.54) is 0 Å². The molecular weight excluding hydrogens is 224 g/mol. The van der Waals surface area contributed by atoms with Crippen molar-refractivity contribution in [1.29, 1.82) is 0 Å². The lowest BCUT2D eigenvalue weighted by molar-refractivity contribution is 0.357. The van der Waals surface area contributed by atoms with Crippen LogP contribution in [0.1, 0.15) is 11.9 Å². The van der Waals surface area contributed by atoms with E-state index < -0.39 is 0 Å². The van der Waals surface area contributed by atoms with Crippen LogP contribution >= 0.6 is 11.3 Å². The van der Waals surface area contributed by atoms with Gasteiger partial charge in [0.25, 0.3) is 5.89 Å². The average molecular weight is 238 g/mol. The lowest BCUT2D eigenvalue weighted by Crippen LogP contribution is -2.26. The fourth-order valence-corrected chi connectivity index (χ4v) is 1.99. The summed E-state index contributed by atoms with van der Waals surface area (Å²) in [5.74, 6) is 1.08. The molecule has 2 aromatic rings. The molecule has 6 heteroatoms. The van der Waals surface area contributed by atoms with Gasteiger partial charge >= 0.3 is 0 Å². The highest BCUT2D eigenvalue weighted by molar-refractivity contribution is 7.08. The van der Waals surface area contributed by atoms with Gasteiger partial charge in [-0.25, -0.2) is 0 Å². The first-order valence-electron chi connectivity index (χ1n) is 4.93. The van der Waals surface area contributed by atoms with E-state index in [0.29, 0.717) is 18.3 Å². The second-order valence-corrected chi connectivity index (χ2v) is 4.62. The second-order valence-electron chi connectivity index (χ2n) is 3.84. The first-order chi connectivity index (χ1) is 7.66. The number of rotatable bonds is 4. The van der Waals surface area contributed by atoms with Gasteiger partial charge in [0.05, 0.1) is 11.6 Å². The summed E-state index contributed by atoms with van der Waals surface area (Å²) in [6.07, 6.45) is 0. The first kappa shape index (κ1) is 11.3. The molecule has 0 amide bonds. The number of likely N-dealkylation sites (N-methyl/N-ethyl adjacent to an activating group) is 1. The summed E-state index contributed by atoms with van der Waals surface area (Å²) in [5.41, 5.74) is 6.88. The van der Waals surface area contributed by atoms with Crippen molar-refractivity contribution in [2.75, 3.05) is 20.6 Å². The summed E-state index contributed by atoms with van der Waals surface area (Å²) in [6, 6.07) is 1.73. The van der Waals surface area contributed by atoms with Crippen molar-refractivity contribution in [3.63, 3.8) is 0 Å². The van der Waals surface area contributed by atoms with Crippen molar-refractivity contribution in [2.45, 2.75) is 6.04 Å². The molecule has 16 heavy (non-hydrogen) atoms. The highest BCUT2D eigenvalue weighted by Crippen LogP contribution is 2.21. The lowest BCUT2D eigenvalue weighted by atomic mass is 10.3. The first-order valence-corrected chi connectivity index (χ1v) is 5.87. The Kier molecular flexibility index (Phi) is 3.33. The van der Waals surface area contributed by atoms with E-state index in [9.17, 15) is 0 Å². The fourth-order valence-electron chi connectivity index (χ4n) is 1.36. The number of nitrogens with two attached hydrogens (primary N) is 1. The standard InChI is InChI=1S/C10H14N4OS/c1-14(2)5-8(11)9-12-10(15-13-9)7-3-4-16-6-7/h3-4,6,8H,5,11H2,1-2H3. The molecule has 1 atom stereocenters. The Morgan fingerprint density at radius 2 is 2.38 bits per heavy atom.